The van der Waals surface area contributed by atoms with E-state index in [1.165, 1.54) is 17.8 Å². The summed E-state index contributed by atoms with van der Waals surface area (Å²) in [4.78, 5) is 12.6. The summed E-state index contributed by atoms with van der Waals surface area (Å²) in [6.07, 6.45) is 1.79. The van der Waals surface area contributed by atoms with Crippen molar-refractivity contribution >= 4 is 5.69 Å². The zero-order valence-electron chi connectivity index (χ0n) is 22.1. The third-order valence-corrected chi connectivity index (χ3v) is 7.49. The summed E-state index contributed by atoms with van der Waals surface area (Å²) < 4.78 is 62.2. The number of nitrogens with zero attached hydrogens (tertiary/aromatic N) is 6. The molecule has 0 radical (unpaired) electrons. The van der Waals surface area contributed by atoms with Crippen LogP contribution >= 0.6 is 0 Å². The van der Waals surface area contributed by atoms with Gasteiger partial charge in [-0.05, 0) is 62.9 Å². The van der Waals surface area contributed by atoms with Crippen LogP contribution in [0.2, 0.25) is 0 Å². The Kier molecular flexibility index (Phi) is 6.71. The number of alkyl halides is 4. The highest BCUT2D eigenvalue weighted by atomic mass is 19.4. The highest BCUT2D eigenvalue weighted by Crippen LogP contribution is 2.46. The van der Waals surface area contributed by atoms with Crippen LogP contribution in [0, 0.1) is 0 Å². The second-order valence-corrected chi connectivity index (χ2v) is 10.4. The maximum Gasteiger partial charge on any atom is 0.434 e. The number of fused-ring (bicyclic) bond motifs is 1. The number of benzene rings is 1. The van der Waals surface area contributed by atoms with Crippen molar-refractivity contribution < 1.29 is 22.3 Å². The van der Waals surface area contributed by atoms with E-state index in [1.54, 1.807) is 31.4 Å². The van der Waals surface area contributed by atoms with E-state index in [2.05, 4.69) is 26.3 Å². The molecule has 1 aliphatic heterocycles. The number of anilines is 1. The van der Waals surface area contributed by atoms with Crippen molar-refractivity contribution in [2.75, 3.05) is 19.1 Å². The molecule has 1 aliphatic carbocycles. The van der Waals surface area contributed by atoms with Crippen molar-refractivity contribution in [1.29, 1.82) is 0 Å². The summed E-state index contributed by atoms with van der Waals surface area (Å²) in [5.74, 6) is 0.991. The summed E-state index contributed by atoms with van der Waals surface area (Å²) >= 11 is 0. The number of ether oxygens (including phenoxy) is 1. The van der Waals surface area contributed by atoms with Crippen LogP contribution in [-0.2, 0) is 12.7 Å². The van der Waals surface area contributed by atoms with Crippen molar-refractivity contribution in [3.05, 3.63) is 59.9 Å². The number of aryl methyl sites for hydroxylation is 1. The Bertz CT molecular complexity index is 1510. The fourth-order valence-electron chi connectivity index (χ4n) is 5.27. The van der Waals surface area contributed by atoms with Gasteiger partial charge in [0.05, 0.1) is 41.8 Å². The van der Waals surface area contributed by atoms with E-state index in [9.17, 15) is 17.6 Å². The smallest absolute Gasteiger partial charge is 0.434 e. The van der Waals surface area contributed by atoms with E-state index >= 15 is 0 Å². The summed E-state index contributed by atoms with van der Waals surface area (Å²) in [6.45, 7) is 1.51. The second kappa shape index (κ2) is 10.2. The van der Waals surface area contributed by atoms with Crippen LogP contribution in [0.4, 0.5) is 23.2 Å². The predicted octanol–water partition coefficient (Wildman–Crippen LogP) is 6.59. The number of nitrogens with one attached hydrogen (secondary N) is 1. The molecule has 8 nitrogen and oxygen atoms in total. The molecule has 12 heteroatoms. The lowest BCUT2D eigenvalue weighted by Gasteiger charge is -2.25. The van der Waals surface area contributed by atoms with Gasteiger partial charge < -0.3 is 14.6 Å². The molecule has 4 aromatic rings. The molecule has 6 rings (SSSR count). The average Bonchev–Trinajstić information content (AvgIpc) is 3.53. The Hall–Kier alpha value is -3.96. The topological polar surface area (TPSA) is 82.7 Å². The fraction of sp³-hybridized carbons (Fsp3) is 0.429. The molecule has 4 heterocycles. The van der Waals surface area contributed by atoms with Gasteiger partial charge in [0.25, 0.3) is 0 Å². The van der Waals surface area contributed by atoms with E-state index < -0.39 is 24.6 Å². The van der Waals surface area contributed by atoms with E-state index in [1.807, 2.05) is 4.68 Å². The first-order valence-corrected chi connectivity index (χ1v) is 13.3. The minimum atomic E-state index is -4.62. The molecule has 40 heavy (non-hydrogen) atoms. The van der Waals surface area contributed by atoms with Gasteiger partial charge in [-0.15, -0.1) is 0 Å². The molecular weight excluding hydrogens is 526 g/mol. The van der Waals surface area contributed by atoms with Gasteiger partial charge in [0.15, 0.2) is 5.69 Å². The summed E-state index contributed by atoms with van der Waals surface area (Å²) in [5, 5.41) is 8.43. The van der Waals surface area contributed by atoms with Crippen LogP contribution in [0.1, 0.15) is 67.7 Å². The maximum absolute atomic E-state index is 13.4. The Morgan fingerprint density at radius 1 is 1.12 bits per heavy atom. The fourth-order valence-corrected chi connectivity index (χ4v) is 5.27. The first-order chi connectivity index (χ1) is 19.3. The van der Waals surface area contributed by atoms with Gasteiger partial charge in [-0.25, -0.2) is 19.3 Å². The molecule has 1 fully saturated rings. The quantitative estimate of drug-likeness (QED) is 0.247. The molecule has 0 spiro atoms. The lowest BCUT2D eigenvalue weighted by molar-refractivity contribution is -0.140. The summed E-state index contributed by atoms with van der Waals surface area (Å²) in [5.41, 5.74) is 3.86. The van der Waals surface area contributed by atoms with E-state index in [-0.39, 0.29) is 11.9 Å². The normalized spacial score (nSPS) is 17.9. The first kappa shape index (κ1) is 26.3. The van der Waals surface area contributed by atoms with Crippen molar-refractivity contribution in [1.82, 2.24) is 29.3 Å². The van der Waals surface area contributed by atoms with Gasteiger partial charge in [0, 0.05) is 29.9 Å². The molecule has 0 saturated heterocycles. The number of methoxy groups -OCH3 is 1. The van der Waals surface area contributed by atoms with Crippen LogP contribution in [0.3, 0.4) is 0 Å². The predicted molar refractivity (Wildman–Crippen MR) is 141 cm³/mol. The molecule has 2 unspecified atom stereocenters. The summed E-state index contributed by atoms with van der Waals surface area (Å²) in [7, 11) is 1.60. The minimum absolute atomic E-state index is 0.0220. The first-order valence-electron chi connectivity index (χ1n) is 13.3. The summed E-state index contributed by atoms with van der Waals surface area (Å²) in [6, 6.07) is 8.27. The second-order valence-electron chi connectivity index (χ2n) is 10.4. The minimum Gasteiger partial charge on any atom is -0.480 e. The maximum atomic E-state index is 13.4. The van der Waals surface area contributed by atoms with Gasteiger partial charge in [-0.2, -0.15) is 18.3 Å². The van der Waals surface area contributed by atoms with Crippen molar-refractivity contribution in [2.24, 2.45) is 0 Å². The van der Waals surface area contributed by atoms with Crippen molar-refractivity contribution in [3.8, 4) is 28.5 Å². The molecule has 1 N–H and O–H groups in total. The lowest BCUT2D eigenvalue weighted by Crippen LogP contribution is -2.21. The molecule has 2 aliphatic rings. The number of rotatable bonds is 8. The average molecular weight is 556 g/mol. The molecule has 2 atom stereocenters. The molecule has 1 aromatic carbocycles. The Labute approximate surface area is 228 Å². The number of imidazole rings is 1. The van der Waals surface area contributed by atoms with E-state index in [0.29, 0.717) is 17.4 Å². The SMILES string of the molecule is COc1ncnc(C2CC2)c1-c1cc2n(n1)CCCC2Nc1ccc(-c2nc(C(F)(F)F)cn2C(C)CF)cc1. The Morgan fingerprint density at radius 3 is 2.58 bits per heavy atom. The standard InChI is InChI=1S/C28H29F4N7O/c1-16(13-29)38-14-23(28(30,31)32)36-26(38)18-7-9-19(10-8-18)35-20-4-3-11-39-22(20)12-21(37-39)24-25(17-5-6-17)33-15-34-27(24)40-2/h7-10,12,14-17,20,35H,3-6,11,13H2,1-2H3. The molecule has 3 aromatic heterocycles. The van der Waals surface area contributed by atoms with Crippen LogP contribution in [0.15, 0.2) is 42.9 Å². The number of halogens is 4. The lowest BCUT2D eigenvalue weighted by atomic mass is 10.0. The highest BCUT2D eigenvalue weighted by Gasteiger charge is 2.36. The Morgan fingerprint density at radius 2 is 1.90 bits per heavy atom. The molecule has 210 valence electrons. The van der Waals surface area contributed by atoms with Crippen molar-refractivity contribution in [2.45, 2.75) is 63.3 Å². The van der Waals surface area contributed by atoms with Crippen LogP contribution in [-0.4, -0.2) is 43.1 Å². The van der Waals surface area contributed by atoms with Gasteiger partial charge in [0.2, 0.25) is 5.88 Å². The molecule has 0 amide bonds. The van der Waals surface area contributed by atoms with Gasteiger partial charge in [-0.3, -0.25) is 4.68 Å². The number of aromatic nitrogens is 6. The highest BCUT2D eigenvalue weighted by molar-refractivity contribution is 5.69. The van der Waals surface area contributed by atoms with Gasteiger partial charge in [0.1, 0.15) is 18.8 Å². The van der Waals surface area contributed by atoms with Gasteiger partial charge >= 0.3 is 6.18 Å². The number of hydrogen-bond acceptors (Lipinski definition) is 6. The van der Waals surface area contributed by atoms with E-state index in [4.69, 9.17) is 9.84 Å². The Balaban J connectivity index is 1.27. The van der Waals surface area contributed by atoms with Gasteiger partial charge in [-0.1, -0.05) is 0 Å². The van der Waals surface area contributed by atoms with Crippen LogP contribution < -0.4 is 10.1 Å². The zero-order valence-corrected chi connectivity index (χ0v) is 22.1. The van der Waals surface area contributed by atoms with Crippen LogP contribution in [0.25, 0.3) is 22.6 Å². The third kappa shape index (κ3) is 4.90. The third-order valence-electron chi connectivity index (χ3n) is 7.49. The molecular formula is C28H29F4N7O. The van der Waals surface area contributed by atoms with E-state index in [0.717, 1.165) is 66.8 Å². The molecule has 0 bridgehead atoms. The van der Waals surface area contributed by atoms with Crippen molar-refractivity contribution in [3.63, 3.8) is 0 Å². The largest absolute Gasteiger partial charge is 0.480 e. The van der Waals surface area contributed by atoms with Crippen LogP contribution in [0.5, 0.6) is 5.88 Å². The zero-order chi connectivity index (χ0) is 28.0. The number of hydrogen-bond donors (Lipinski definition) is 1. The monoisotopic (exact) mass is 555 g/mol. The molecule has 1 saturated carbocycles.